The molecule has 1 atom stereocenters. The van der Waals surface area contributed by atoms with E-state index in [0.717, 1.165) is 18.4 Å². The first kappa shape index (κ1) is 9.59. The van der Waals surface area contributed by atoms with Gasteiger partial charge in [0.25, 0.3) is 0 Å². The molecule has 0 aromatic heterocycles. The second-order valence-electron chi connectivity index (χ2n) is 3.74. The van der Waals surface area contributed by atoms with Crippen LogP contribution in [0.5, 0.6) is 0 Å². The van der Waals surface area contributed by atoms with E-state index >= 15 is 0 Å². The molecule has 1 aromatic carbocycles. The van der Waals surface area contributed by atoms with E-state index in [4.69, 9.17) is 5.73 Å². The van der Waals surface area contributed by atoms with E-state index in [2.05, 4.69) is 0 Å². The molecule has 0 spiro atoms. The van der Waals surface area contributed by atoms with Crippen LogP contribution in [0.1, 0.15) is 29.9 Å². The van der Waals surface area contributed by atoms with Crippen LogP contribution in [0.2, 0.25) is 0 Å². The van der Waals surface area contributed by atoms with E-state index < -0.39 is 11.6 Å². The van der Waals surface area contributed by atoms with E-state index in [-0.39, 0.29) is 0 Å². The minimum Gasteiger partial charge on any atom is -0.330 e. The third-order valence-corrected chi connectivity index (χ3v) is 2.93. The summed E-state index contributed by atoms with van der Waals surface area (Å²) in [5, 5.41) is 0. The normalized spacial score (nSPS) is 19.8. The molecule has 0 amide bonds. The summed E-state index contributed by atoms with van der Waals surface area (Å²) >= 11 is 0. The summed E-state index contributed by atoms with van der Waals surface area (Å²) in [4.78, 5) is 0. The summed E-state index contributed by atoms with van der Waals surface area (Å²) in [6.07, 6.45) is 2.40. The lowest BCUT2D eigenvalue weighted by Crippen LogP contribution is -2.05. The Hall–Kier alpha value is -0.960. The smallest absolute Gasteiger partial charge is 0.162 e. The Kier molecular flexibility index (Phi) is 2.50. The highest BCUT2D eigenvalue weighted by molar-refractivity contribution is 5.36. The number of nitrogens with two attached hydrogens (primary N) is 1. The van der Waals surface area contributed by atoms with Crippen LogP contribution in [0.3, 0.4) is 0 Å². The number of halogens is 2. The summed E-state index contributed by atoms with van der Waals surface area (Å²) in [5.41, 5.74) is 6.98. The van der Waals surface area contributed by atoms with E-state index in [0.29, 0.717) is 24.4 Å². The Morgan fingerprint density at radius 1 is 1.36 bits per heavy atom. The molecule has 2 rings (SSSR count). The fraction of sp³-hybridized carbons (Fsp3) is 0.455. The van der Waals surface area contributed by atoms with Crippen LogP contribution < -0.4 is 5.73 Å². The molecular weight excluding hydrogens is 184 g/mol. The van der Waals surface area contributed by atoms with Crippen molar-refractivity contribution in [3.63, 3.8) is 0 Å². The third kappa shape index (κ3) is 1.42. The molecule has 0 saturated carbocycles. The SMILES string of the molecule is NCCC1CCc2c1ccc(F)c2F. The molecule has 1 nitrogen and oxygen atoms in total. The molecule has 1 aromatic rings. The van der Waals surface area contributed by atoms with Crippen molar-refractivity contribution in [1.29, 1.82) is 0 Å². The van der Waals surface area contributed by atoms with Crippen LogP contribution in [0, 0.1) is 11.6 Å². The van der Waals surface area contributed by atoms with Crippen LogP contribution in [-0.4, -0.2) is 6.54 Å². The van der Waals surface area contributed by atoms with Gasteiger partial charge in [-0.05, 0) is 48.9 Å². The van der Waals surface area contributed by atoms with Crippen molar-refractivity contribution >= 4 is 0 Å². The van der Waals surface area contributed by atoms with Gasteiger partial charge in [-0.2, -0.15) is 0 Å². The van der Waals surface area contributed by atoms with Crippen LogP contribution in [0.4, 0.5) is 8.78 Å². The highest BCUT2D eigenvalue weighted by Gasteiger charge is 2.25. The Labute approximate surface area is 81.9 Å². The van der Waals surface area contributed by atoms with Gasteiger partial charge in [0.2, 0.25) is 0 Å². The zero-order valence-corrected chi connectivity index (χ0v) is 7.89. The van der Waals surface area contributed by atoms with Gasteiger partial charge in [-0.15, -0.1) is 0 Å². The first-order valence-electron chi connectivity index (χ1n) is 4.91. The predicted molar refractivity (Wildman–Crippen MR) is 51.1 cm³/mol. The molecule has 1 aliphatic carbocycles. The minimum absolute atomic E-state index is 0.324. The number of benzene rings is 1. The number of hydrogen-bond donors (Lipinski definition) is 1. The Bertz CT molecular complexity index is 349. The van der Waals surface area contributed by atoms with Gasteiger partial charge in [-0.3, -0.25) is 0 Å². The average molecular weight is 197 g/mol. The standard InChI is InChI=1S/C11H13F2N/c12-10-4-3-8-7(5-6-14)1-2-9(8)11(10)13/h3-4,7H,1-2,5-6,14H2. The molecule has 76 valence electrons. The van der Waals surface area contributed by atoms with Gasteiger partial charge in [0.05, 0.1) is 0 Å². The minimum atomic E-state index is -0.739. The summed E-state index contributed by atoms with van der Waals surface area (Å²) in [6, 6.07) is 2.91. The average Bonchev–Trinajstić information content (AvgIpc) is 2.57. The van der Waals surface area contributed by atoms with E-state index in [1.807, 2.05) is 0 Å². The second-order valence-corrected chi connectivity index (χ2v) is 3.74. The van der Waals surface area contributed by atoms with Crippen LogP contribution >= 0.6 is 0 Å². The molecule has 0 heterocycles. The van der Waals surface area contributed by atoms with Crippen molar-refractivity contribution in [3.05, 3.63) is 34.9 Å². The third-order valence-electron chi connectivity index (χ3n) is 2.93. The lowest BCUT2D eigenvalue weighted by Gasteiger charge is -2.09. The van der Waals surface area contributed by atoms with Crippen LogP contribution in [-0.2, 0) is 6.42 Å². The summed E-state index contributed by atoms with van der Waals surface area (Å²) < 4.78 is 26.2. The van der Waals surface area contributed by atoms with Crippen molar-refractivity contribution < 1.29 is 8.78 Å². The summed E-state index contributed by atoms with van der Waals surface area (Å²) in [6.45, 7) is 0.600. The number of fused-ring (bicyclic) bond motifs is 1. The quantitative estimate of drug-likeness (QED) is 0.773. The zero-order valence-electron chi connectivity index (χ0n) is 7.89. The second kappa shape index (κ2) is 3.65. The maximum atomic E-state index is 13.3. The molecule has 0 aliphatic heterocycles. The van der Waals surface area contributed by atoms with E-state index in [9.17, 15) is 8.78 Å². The largest absolute Gasteiger partial charge is 0.330 e. The molecule has 0 bridgehead atoms. The molecule has 0 radical (unpaired) electrons. The number of rotatable bonds is 2. The van der Waals surface area contributed by atoms with Gasteiger partial charge in [0.1, 0.15) is 0 Å². The van der Waals surface area contributed by atoms with Crippen LogP contribution in [0.15, 0.2) is 12.1 Å². The molecule has 1 aliphatic rings. The van der Waals surface area contributed by atoms with Crippen molar-refractivity contribution in [1.82, 2.24) is 0 Å². The van der Waals surface area contributed by atoms with Gasteiger partial charge in [0.15, 0.2) is 11.6 Å². The van der Waals surface area contributed by atoms with Gasteiger partial charge < -0.3 is 5.73 Å². The Balaban J connectivity index is 2.37. The molecule has 1 unspecified atom stereocenters. The monoisotopic (exact) mass is 197 g/mol. The van der Waals surface area contributed by atoms with Gasteiger partial charge >= 0.3 is 0 Å². The lowest BCUT2D eigenvalue weighted by atomic mass is 9.98. The van der Waals surface area contributed by atoms with Crippen molar-refractivity contribution in [3.8, 4) is 0 Å². The highest BCUT2D eigenvalue weighted by Crippen LogP contribution is 2.36. The van der Waals surface area contributed by atoms with Crippen LogP contribution in [0.25, 0.3) is 0 Å². The van der Waals surface area contributed by atoms with E-state index in [1.165, 1.54) is 6.07 Å². The molecule has 0 fully saturated rings. The van der Waals surface area contributed by atoms with Gasteiger partial charge in [-0.25, -0.2) is 8.78 Å². The lowest BCUT2D eigenvalue weighted by molar-refractivity contribution is 0.500. The maximum Gasteiger partial charge on any atom is 0.162 e. The van der Waals surface area contributed by atoms with Gasteiger partial charge in [0, 0.05) is 0 Å². The molecule has 3 heteroatoms. The Morgan fingerprint density at radius 2 is 2.14 bits per heavy atom. The van der Waals surface area contributed by atoms with Crippen molar-refractivity contribution in [2.75, 3.05) is 6.54 Å². The molecule has 2 N–H and O–H groups in total. The Morgan fingerprint density at radius 3 is 2.86 bits per heavy atom. The topological polar surface area (TPSA) is 26.0 Å². The summed E-state index contributed by atoms with van der Waals surface area (Å²) in [5.74, 6) is -1.08. The number of hydrogen-bond acceptors (Lipinski definition) is 1. The van der Waals surface area contributed by atoms with E-state index in [1.54, 1.807) is 6.07 Å². The fourth-order valence-corrected chi connectivity index (χ4v) is 2.22. The predicted octanol–water partition coefficient (Wildman–Crippen LogP) is 2.34. The van der Waals surface area contributed by atoms with Gasteiger partial charge in [-0.1, -0.05) is 6.07 Å². The van der Waals surface area contributed by atoms with Crippen molar-refractivity contribution in [2.45, 2.75) is 25.2 Å². The molecular formula is C11H13F2N. The highest BCUT2D eigenvalue weighted by atomic mass is 19.2. The first-order chi connectivity index (χ1) is 6.74. The molecule has 14 heavy (non-hydrogen) atoms. The first-order valence-corrected chi connectivity index (χ1v) is 4.91. The molecule has 0 saturated heterocycles. The summed E-state index contributed by atoms with van der Waals surface area (Å²) in [7, 11) is 0. The zero-order chi connectivity index (χ0) is 10.1. The maximum absolute atomic E-state index is 13.3. The fourth-order valence-electron chi connectivity index (χ4n) is 2.22. The van der Waals surface area contributed by atoms with Crippen molar-refractivity contribution in [2.24, 2.45) is 5.73 Å².